The molecule has 0 radical (unpaired) electrons. The first-order chi connectivity index (χ1) is 11.8. The average molecular weight is 314 g/mol. The first kappa shape index (κ1) is 13.6. The van der Waals surface area contributed by atoms with Gasteiger partial charge in [0, 0.05) is 17.5 Å². The van der Waals surface area contributed by atoms with Gasteiger partial charge in [-0.1, -0.05) is 49.4 Å². The number of hydrogen-bond donors (Lipinski definition) is 1. The van der Waals surface area contributed by atoms with Crippen molar-refractivity contribution in [1.29, 1.82) is 0 Å². The standard InChI is InChI=1S/C21H18N2O/c1-2-14-7-9-18-16(11-14)12-21(23-18)13-22-20-17-6-4-3-5-15(17)8-10-19(20)24-21/h3-11,13,23H,2,12H2,1H3. The van der Waals surface area contributed by atoms with Crippen molar-refractivity contribution in [3.63, 3.8) is 0 Å². The molecule has 3 heteroatoms. The Balaban J connectivity index is 1.56. The van der Waals surface area contributed by atoms with Crippen LogP contribution in [0.25, 0.3) is 10.8 Å². The van der Waals surface area contributed by atoms with Gasteiger partial charge >= 0.3 is 0 Å². The van der Waals surface area contributed by atoms with E-state index < -0.39 is 5.72 Å². The summed E-state index contributed by atoms with van der Waals surface area (Å²) in [6.07, 6.45) is 3.77. The molecule has 1 spiro atoms. The summed E-state index contributed by atoms with van der Waals surface area (Å²) in [5, 5.41) is 5.83. The maximum Gasteiger partial charge on any atom is 0.221 e. The lowest BCUT2D eigenvalue weighted by molar-refractivity contribution is 0.181. The summed E-state index contributed by atoms with van der Waals surface area (Å²) >= 11 is 0. The quantitative estimate of drug-likeness (QED) is 0.696. The fraction of sp³-hybridized carbons (Fsp3) is 0.190. The normalized spacial score (nSPS) is 20.5. The van der Waals surface area contributed by atoms with Gasteiger partial charge in [-0.2, -0.15) is 0 Å². The molecule has 5 rings (SSSR count). The van der Waals surface area contributed by atoms with Crippen LogP contribution in [0.4, 0.5) is 11.4 Å². The van der Waals surface area contributed by atoms with Gasteiger partial charge in [0.05, 0.1) is 6.21 Å². The van der Waals surface area contributed by atoms with Crippen molar-refractivity contribution in [3.8, 4) is 5.75 Å². The molecule has 0 aliphatic carbocycles. The Bertz CT molecular complexity index is 992. The van der Waals surface area contributed by atoms with E-state index in [0.717, 1.165) is 35.4 Å². The molecule has 2 heterocycles. The molecule has 0 amide bonds. The minimum absolute atomic E-state index is 0.565. The summed E-state index contributed by atoms with van der Waals surface area (Å²) < 4.78 is 6.38. The largest absolute Gasteiger partial charge is 0.460 e. The third kappa shape index (κ3) is 1.94. The Hall–Kier alpha value is -2.81. The van der Waals surface area contributed by atoms with Gasteiger partial charge in [0.15, 0.2) is 0 Å². The predicted molar refractivity (Wildman–Crippen MR) is 98.6 cm³/mol. The van der Waals surface area contributed by atoms with E-state index in [9.17, 15) is 0 Å². The molecule has 3 aromatic rings. The lowest BCUT2D eigenvalue weighted by atomic mass is 10.0. The number of anilines is 1. The summed E-state index contributed by atoms with van der Waals surface area (Å²) in [6, 6.07) is 19.0. The predicted octanol–water partition coefficient (Wildman–Crippen LogP) is 4.86. The number of fused-ring (bicyclic) bond motifs is 4. The van der Waals surface area contributed by atoms with E-state index in [1.54, 1.807) is 0 Å². The molecule has 1 atom stereocenters. The summed E-state index contributed by atoms with van der Waals surface area (Å²) in [5.41, 5.74) is 4.15. The van der Waals surface area contributed by atoms with Gasteiger partial charge in [0.1, 0.15) is 11.4 Å². The van der Waals surface area contributed by atoms with E-state index in [4.69, 9.17) is 9.73 Å². The minimum Gasteiger partial charge on any atom is -0.460 e. The van der Waals surface area contributed by atoms with E-state index in [-0.39, 0.29) is 0 Å². The SMILES string of the molecule is CCc1ccc2c(c1)CC1(C=Nc3c(ccc4ccccc34)O1)N2. The zero-order valence-corrected chi connectivity index (χ0v) is 13.5. The Morgan fingerprint density at radius 1 is 1.12 bits per heavy atom. The van der Waals surface area contributed by atoms with Crippen LogP contribution in [0.15, 0.2) is 59.6 Å². The van der Waals surface area contributed by atoms with Gasteiger partial charge < -0.3 is 10.1 Å². The van der Waals surface area contributed by atoms with Gasteiger partial charge in [0.2, 0.25) is 5.72 Å². The molecule has 3 aromatic carbocycles. The third-order valence-corrected chi connectivity index (χ3v) is 4.94. The number of nitrogens with one attached hydrogen (secondary N) is 1. The second-order valence-electron chi connectivity index (χ2n) is 6.53. The molecule has 3 nitrogen and oxygen atoms in total. The first-order valence-corrected chi connectivity index (χ1v) is 8.42. The zero-order chi connectivity index (χ0) is 16.1. The van der Waals surface area contributed by atoms with Gasteiger partial charge in [-0.25, -0.2) is 0 Å². The Labute approximate surface area is 141 Å². The topological polar surface area (TPSA) is 33.6 Å². The van der Waals surface area contributed by atoms with Crippen molar-refractivity contribution >= 4 is 28.4 Å². The molecule has 0 saturated carbocycles. The molecule has 0 aromatic heterocycles. The van der Waals surface area contributed by atoms with Crippen molar-refractivity contribution in [2.45, 2.75) is 25.5 Å². The smallest absolute Gasteiger partial charge is 0.221 e. The van der Waals surface area contributed by atoms with Crippen LogP contribution in [0.3, 0.4) is 0 Å². The summed E-state index contributed by atoms with van der Waals surface area (Å²) in [4.78, 5) is 4.77. The van der Waals surface area contributed by atoms with Gasteiger partial charge in [-0.15, -0.1) is 0 Å². The van der Waals surface area contributed by atoms with Crippen LogP contribution in [0.2, 0.25) is 0 Å². The highest BCUT2D eigenvalue weighted by atomic mass is 16.5. The number of benzene rings is 3. The maximum absolute atomic E-state index is 6.38. The molecule has 24 heavy (non-hydrogen) atoms. The third-order valence-electron chi connectivity index (χ3n) is 4.94. The van der Waals surface area contributed by atoms with Gasteiger partial charge in [0.25, 0.3) is 0 Å². The molecule has 0 saturated heterocycles. The fourth-order valence-electron chi connectivity index (χ4n) is 3.67. The molecule has 1 unspecified atom stereocenters. The van der Waals surface area contributed by atoms with E-state index >= 15 is 0 Å². The van der Waals surface area contributed by atoms with Crippen LogP contribution in [0, 0.1) is 0 Å². The van der Waals surface area contributed by atoms with Crippen LogP contribution < -0.4 is 10.1 Å². The number of rotatable bonds is 1. The van der Waals surface area contributed by atoms with Crippen molar-refractivity contribution in [1.82, 2.24) is 0 Å². The Morgan fingerprint density at radius 2 is 2.04 bits per heavy atom. The number of nitrogens with zero attached hydrogens (tertiary/aromatic N) is 1. The van der Waals surface area contributed by atoms with Crippen LogP contribution in [0.5, 0.6) is 5.75 Å². The number of aryl methyl sites for hydroxylation is 1. The van der Waals surface area contributed by atoms with E-state index in [2.05, 4.69) is 48.6 Å². The van der Waals surface area contributed by atoms with Crippen molar-refractivity contribution in [2.24, 2.45) is 4.99 Å². The van der Waals surface area contributed by atoms with Crippen LogP contribution in [-0.2, 0) is 12.8 Å². The van der Waals surface area contributed by atoms with Crippen molar-refractivity contribution in [3.05, 3.63) is 65.7 Å². The fourth-order valence-corrected chi connectivity index (χ4v) is 3.67. The Morgan fingerprint density at radius 3 is 2.96 bits per heavy atom. The molecule has 2 aliphatic heterocycles. The summed E-state index contributed by atoms with van der Waals surface area (Å²) in [7, 11) is 0. The summed E-state index contributed by atoms with van der Waals surface area (Å²) in [5.74, 6) is 0.840. The summed E-state index contributed by atoms with van der Waals surface area (Å²) in [6.45, 7) is 2.18. The molecule has 118 valence electrons. The highest BCUT2D eigenvalue weighted by Gasteiger charge is 2.40. The maximum atomic E-state index is 6.38. The Kier molecular flexibility index (Phi) is 2.75. The zero-order valence-electron chi connectivity index (χ0n) is 13.5. The molecule has 2 aliphatic rings. The number of hydrogen-bond acceptors (Lipinski definition) is 3. The lowest BCUT2D eigenvalue weighted by Gasteiger charge is -2.31. The minimum atomic E-state index is -0.565. The van der Waals surface area contributed by atoms with Crippen LogP contribution >= 0.6 is 0 Å². The number of aliphatic imine (C=N–C) groups is 1. The molecule has 0 bridgehead atoms. The van der Waals surface area contributed by atoms with Gasteiger partial charge in [-0.3, -0.25) is 4.99 Å². The van der Waals surface area contributed by atoms with Crippen LogP contribution in [-0.4, -0.2) is 11.9 Å². The molecular formula is C21H18N2O. The second kappa shape index (κ2) is 4.84. The van der Waals surface area contributed by atoms with E-state index in [0.29, 0.717) is 0 Å². The highest BCUT2D eigenvalue weighted by Crippen LogP contribution is 2.43. The second-order valence-corrected chi connectivity index (χ2v) is 6.53. The van der Waals surface area contributed by atoms with E-state index in [1.807, 2.05) is 24.4 Å². The molecular weight excluding hydrogens is 296 g/mol. The van der Waals surface area contributed by atoms with Crippen molar-refractivity contribution in [2.75, 3.05) is 5.32 Å². The molecule has 0 fully saturated rings. The van der Waals surface area contributed by atoms with Crippen LogP contribution in [0.1, 0.15) is 18.1 Å². The van der Waals surface area contributed by atoms with E-state index in [1.165, 1.54) is 16.5 Å². The first-order valence-electron chi connectivity index (χ1n) is 8.42. The lowest BCUT2D eigenvalue weighted by Crippen LogP contribution is -2.45. The van der Waals surface area contributed by atoms with Gasteiger partial charge in [-0.05, 0) is 35.1 Å². The van der Waals surface area contributed by atoms with Crippen molar-refractivity contribution < 1.29 is 4.74 Å². The monoisotopic (exact) mass is 314 g/mol. The highest BCUT2D eigenvalue weighted by molar-refractivity contribution is 5.99. The average Bonchev–Trinajstić information content (AvgIpc) is 2.97. The molecule has 1 N–H and O–H groups in total. The number of ether oxygens (including phenoxy) is 1.